The Bertz CT molecular complexity index is 674. The van der Waals surface area contributed by atoms with Gasteiger partial charge < -0.3 is 21.6 Å². The van der Waals surface area contributed by atoms with Gasteiger partial charge in [0, 0.05) is 11.3 Å². The molecular formula is C14H13ClN4O2. The number of nitrogens with two attached hydrogens (primary N) is 1. The van der Waals surface area contributed by atoms with Crippen LogP contribution in [0, 0.1) is 0 Å². The van der Waals surface area contributed by atoms with Gasteiger partial charge in [-0.2, -0.15) is 0 Å². The lowest BCUT2D eigenvalue weighted by atomic mass is 10.2. The molecule has 0 atom stereocenters. The van der Waals surface area contributed by atoms with Crippen molar-refractivity contribution in [2.45, 2.75) is 0 Å². The van der Waals surface area contributed by atoms with Gasteiger partial charge in [-0.1, -0.05) is 35.0 Å². The highest BCUT2D eigenvalue weighted by atomic mass is 35.5. The van der Waals surface area contributed by atoms with Gasteiger partial charge in [0.2, 0.25) is 0 Å². The molecule has 0 bridgehead atoms. The van der Waals surface area contributed by atoms with Crippen LogP contribution in [0.3, 0.4) is 0 Å². The minimum Gasteiger partial charge on any atom is -0.409 e. The lowest BCUT2D eigenvalue weighted by Gasteiger charge is -2.10. The lowest BCUT2D eigenvalue weighted by Crippen LogP contribution is -2.20. The molecule has 0 spiro atoms. The van der Waals surface area contributed by atoms with Crippen molar-refractivity contribution in [1.82, 2.24) is 0 Å². The lowest BCUT2D eigenvalue weighted by molar-refractivity contribution is 0.262. The fourth-order valence-electron chi connectivity index (χ4n) is 1.64. The number of benzene rings is 2. The fraction of sp³-hybridized carbons (Fsp3) is 0. The number of anilines is 2. The number of amides is 2. The van der Waals surface area contributed by atoms with Crippen LogP contribution >= 0.6 is 11.6 Å². The third-order valence-electron chi connectivity index (χ3n) is 2.65. The van der Waals surface area contributed by atoms with Gasteiger partial charge in [0.1, 0.15) is 0 Å². The number of hydrogen-bond acceptors (Lipinski definition) is 3. The van der Waals surface area contributed by atoms with E-state index in [1.807, 2.05) is 18.2 Å². The SMILES string of the molecule is N/C(=N/O)c1ccc(NC(=O)Nc2ccccc2)c(Cl)c1. The van der Waals surface area contributed by atoms with Crippen molar-refractivity contribution in [3.63, 3.8) is 0 Å². The Kier molecular flexibility index (Phi) is 4.63. The minimum atomic E-state index is -0.417. The molecule has 0 fully saturated rings. The number of nitrogens with zero attached hydrogens (tertiary/aromatic N) is 1. The number of urea groups is 1. The van der Waals surface area contributed by atoms with E-state index in [1.54, 1.807) is 24.3 Å². The summed E-state index contributed by atoms with van der Waals surface area (Å²) < 4.78 is 0. The molecule has 5 N–H and O–H groups in total. The summed E-state index contributed by atoms with van der Waals surface area (Å²) in [7, 11) is 0. The first kappa shape index (κ1) is 14.7. The van der Waals surface area contributed by atoms with Crippen molar-refractivity contribution in [1.29, 1.82) is 0 Å². The summed E-state index contributed by atoms with van der Waals surface area (Å²) in [6, 6.07) is 13.2. The van der Waals surface area contributed by atoms with Crippen molar-refractivity contribution in [2.75, 3.05) is 10.6 Å². The highest BCUT2D eigenvalue weighted by Gasteiger charge is 2.08. The zero-order valence-electron chi connectivity index (χ0n) is 10.9. The van der Waals surface area contributed by atoms with Gasteiger partial charge >= 0.3 is 6.03 Å². The average molecular weight is 305 g/mol. The molecule has 2 rings (SSSR count). The fourth-order valence-corrected chi connectivity index (χ4v) is 1.87. The van der Waals surface area contributed by atoms with Gasteiger partial charge in [-0.25, -0.2) is 4.79 Å². The summed E-state index contributed by atoms with van der Waals surface area (Å²) in [6.45, 7) is 0. The molecule has 0 saturated heterocycles. The standard InChI is InChI=1S/C14H13ClN4O2/c15-11-8-9(13(16)19-21)6-7-12(11)18-14(20)17-10-4-2-1-3-5-10/h1-8,21H,(H2,16,19)(H2,17,18,20). The predicted molar refractivity (Wildman–Crippen MR) is 83.0 cm³/mol. The normalized spacial score (nSPS) is 11.0. The maximum absolute atomic E-state index is 11.8. The van der Waals surface area contributed by atoms with Crippen LogP contribution in [0.2, 0.25) is 5.02 Å². The largest absolute Gasteiger partial charge is 0.409 e. The summed E-state index contributed by atoms with van der Waals surface area (Å²) in [4.78, 5) is 11.8. The van der Waals surface area contributed by atoms with Gasteiger partial charge in [0.05, 0.1) is 10.7 Å². The molecule has 2 aromatic carbocycles. The average Bonchev–Trinajstić information content (AvgIpc) is 2.49. The number of rotatable bonds is 3. The molecule has 0 aliphatic carbocycles. The molecule has 0 heterocycles. The van der Waals surface area contributed by atoms with E-state index in [0.29, 0.717) is 16.9 Å². The van der Waals surface area contributed by atoms with E-state index < -0.39 is 6.03 Å². The number of carbonyl (C=O) groups is 1. The van der Waals surface area contributed by atoms with Crippen LogP contribution in [0.25, 0.3) is 0 Å². The highest BCUT2D eigenvalue weighted by Crippen LogP contribution is 2.23. The third kappa shape index (κ3) is 3.87. The summed E-state index contributed by atoms with van der Waals surface area (Å²) in [5.74, 6) is -0.0582. The quantitative estimate of drug-likeness (QED) is 0.303. The first-order valence-electron chi connectivity index (χ1n) is 6.00. The Hall–Kier alpha value is -2.73. The maximum atomic E-state index is 11.8. The molecule has 0 aromatic heterocycles. The molecule has 0 radical (unpaired) electrons. The van der Waals surface area contributed by atoms with E-state index in [4.69, 9.17) is 22.5 Å². The number of nitrogens with one attached hydrogen (secondary N) is 2. The first-order chi connectivity index (χ1) is 10.1. The number of halogens is 1. The number of para-hydroxylation sites is 1. The Labute approximate surface area is 126 Å². The minimum absolute atomic E-state index is 0.0582. The third-order valence-corrected chi connectivity index (χ3v) is 2.97. The topological polar surface area (TPSA) is 99.7 Å². The van der Waals surface area contributed by atoms with Crippen molar-refractivity contribution in [3.8, 4) is 0 Å². The Morgan fingerprint density at radius 1 is 1.14 bits per heavy atom. The van der Waals surface area contributed by atoms with Crippen molar-refractivity contribution in [2.24, 2.45) is 10.9 Å². The number of hydrogen-bond donors (Lipinski definition) is 4. The monoisotopic (exact) mass is 304 g/mol. The molecule has 6 nitrogen and oxygen atoms in total. The second-order valence-electron chi connectivity index (χ2n) is 4.13. The van der Waals surface area contributed by atoms with E-state index in [1.165, 1.54) is 6.07 Å². The number of carbonyl (C=O) groups excluding carboxylic acids is 1. The van der Waals surface area contributed by atoms with Crippen LogP contribution in [-0.2, 0) is 0 Å². The molecule has 0 unspecified atom stereocenters. The molecule has 21 heavy (non-hydrogen) atoms. The second-order valence-corrected chi connectivity index (χ2v) is 4.53. The van der Waals surface area contributed by atoms with Crippen LogP contribution < -0.4 is 16.4 Å². The number of oxime groups is 1. The van der Waals surface area contributed by atoms with E-state index in [2.05, 4.69) is 15.8 Å². The molecule has 108 valence electrons. The van der Waals surface area contributed by atoms with Crippen LogP contribution in [0.1, 0.15) is 5.56 Å². The highest BCUT2D eigenvalue weighted by molar-refractivity contribution is 6.34. The van der Waals surface area contributed by atoms with Gasteiger partial charge in [0.15, 0.2) is 5.84 Å². The predicted octanol–water partition coefficient (Wildman–Crippen LogP) is 3.08. The Balaban J connectivity index is 2.08. The number of amidine groups is 1. The summed E-state index contributed by atoms with van der Waals surface area (Å²) in [5, 5.41) is 17.0. The summed E-state index contributed by atoms with van der Waals surface area (Å²) >= 11 is 6.04. The van der Waals surface area contributed by atoms with E-state index in [-0.39, 0.29) is 10.9 Å². The molecule has 0 saturated carbocycles. The van der Waals surface area contributed by atoms with Gasteiger partial charge in [-0.3, -0.25) is 0 Å². The van der Waals surface area contributed by atoms with Crippen LogP contribution in [0.4, 0.5) is 16.2 Å². The van der Waals surface area contributed by atoms with E-state index in [0.717, 1.165) is 0 Å². The zero-order valence-corrected chi connectivity index (χ0v) is 11.6. The van der Waals surface area contributed by atoms with Crippen LogP contribution in [-0.4, -0.2) is 17.1 Å². The first-order valence-corrected chi connectivity index (χ1v) is 6.38. The molecular weight excluding hydrogens is 292 g/mol. The van der Waals surface area contributed by atoms with Crippen LogP contribution in [0.15, 0.2) is 53.7 Å². The van der Waals surface area contributed by atoms with E-state index >= 15 is 0 Å². The van der Waals surface area contributed by atoms with Crippen molar-refractivity contribution < 1.29 is 10.0 Å². The smallest absolute Gasteiger partial charge is 0.323 e. The molecule has 7 heteroatoms. The Morgan fingerprint density at radius 2 is 1.86 bits per heavy atom. The zero-order chi connectivity index (χ0) is 15.2. The Morgan fingerprint density at radius 3 is 2.48 bits per heavy atom. The van der Waals surface area contributed by atoms with Crippen molar-refractivity contribution in [3.05, 3.63) is 59.1 Å². The summed E-state index contributed by atoms with van der Waals surface area (Å²) in [6.07, 6.45) is 0. The molecule has 0 aliphatic rings. The maximum Gasteiger partial charge on any atom is 0.323 e. The van der Waals surface area contributed by atoms with Gasteiger partial charge in [-0.15, -0.1) is 0 Å². The second kappa shape index (κ2) is 6.62. The van der Waals surface area contributed by atoms with Crippen LogP contribution in [0.5, 0.6) is 0 Å². The summed E-state index contributed by atoms with van der Waals surface area (Å²) in [5.41, 5.74) is 7.00. The van der Waals surface area contributed by atoms with Crippen molar-refractivity contribution >= 4 is 34.8 Å². The molecule has 2 aromatic rings. The molecule has 0 aliphatic heterocycles. The van der Waals surface area contributed by atoms with E-state index in [9.17, 15) is 4.79 Å². The van der Waals surface area contributed by atoms with Gasteiger partial charge in [0.25, 0.3) is 0 Å². The van der Waals surface area contributed by atoms with Gasteiger partial charge in [-0.05, 0) is 30.3 Å². The molecule has 2 amide bonds.